The molecule has 0 radical (unpaired) electrons. The van der Waals surface area contributed by atoms with E-state index in [2.05, 4.69) is 9.97 Å². The van der Waals surface area contributed by atoms with Gasteiger partial charge in [0.1, 0.15) is 5.82 Å². The number of anilines is 1. The number of hydrogen-bond acceptors (Lipinski definition) is 5. The van der Waals surface area contributed by atoms with Crippen molar-refractivity contribution in [2.24, 2.45) is 0 Å². The van der Waals surface area contributed by atoms with E-state index in [0.29, 0.717) is 42.9 Å². The van der Waals surface area contributed by atoms with Crippen LogP contribution >= 0.6 is 0 Å². The fraction of sp³-hybridized carbons (Fsp3) is 0.364. The third-order valence-corrected chi connectivity index (χ3v) is 5.65. The molecule has 1 aliphatic rings. The highest BCUT2D eigenvalue weighted by Gasteiger charge is 2.31. The molecule has 4 rings (SSSR count). The maximum absolute atomic E-state index is 12.7. The summed E-state index contributed by atoms with van der Waals surface area (Å²) in [5, 5.41) is 0.526. The highest BCUT2D eigenvalue weighted by Crippen LogP contribution is 2.29. The third-order valence-electron chi connectivity index (χ3n) is 5.65. The molecule has 0 spiro atoms. The van der Waals surface area contributed by atoms with E-state index in [4.69, 9.17) is 0 Å². The number of benzene rings is 1. The van der Waals surface area contributed by atoms with Crippen LogP contribution in [0.3, 0.4) is 0 Å². The molecule has 32 heavy (non-hydrogen) atoms. The van der Waals surface area contributed by atoms with Gasteiger partial charge in [-0.25, -0.2) is 9.97 Å². The van der Waals surface area contributed by atoms with E-state index >= 15 is 0 Å². The van der Waals surface area contributed by atoms with Crippen molar-refractivity contribution in [1.29, 1.82) is 0 Å². The largest absolute Gasteiger partial charge is 0.417 e. The second-order valence-corrected chi connectivity index (χ2v) is 7.73. The molecule has 0 atom stereocenters. The third kappa shape index (κ3) is 4.44. The van der Waals surface area contributed by atoms with Crippen LogP contribution in [0.25, 0.3) is 10.9 Å². The number of halogens is 3. The standard InChI is InChI=1S/C22H22F3N5O2/c1-15-3-2-4-17-20(15)27-14-30(21(17)32)8-7-19(31)29-11-9-28(10-12-29)18-6-5-16(13-26-18)22(23,24)25/h2-6,13-14H,7-12H2,1H3. The molecule has 2 aromatic heterocycles. The SMILES string of the molecule is Cc1cccc2c(=O)n(CCC(=O)N3CCN(c4ccc(C(F)(F)F)cn4)CC3)cnc12. The lowest BCUT2D eigenvalue weighted by Crippen LogP contribution is -2.49. The minimum atomic E-state index is -4.42. The molecule has 7 nitrogen and oxygen atoms in total. The normalized spacial score (nSPS) is 14.8. The smallest absolute Gasteiger partial charge is 0.353 e. The highest BCUT2D eigenvalue weighted by molar-refractivity contribution is 5.80. The second kappa shape index (κ2) is 8.60. The van der Waals surface area contributed by atoms with Gasteiger partial charge >= 0.3 is 6.18 Å². The highest BCUT2D eigenvalue weighted by atomic mass is 19.4. The lowest BCUT2D eigenvalue weighted by molar-refractivity contribution is -0.138. The zero-order valence-corrected chi connectivity index (χ0v) is 17.5. The van der Waals surface area contributed by atoms with Crippen LogP contribution in [-0.2, 0) is 17.5 Å². The summed E-state index contributed by atoms with van der Waals surface area (Å²) in [6.45, 7) is 3.94. The Morgan fingerprint density at radius 1 is 1.06 bits per heavy atom. The quantitative estimate of drug-likeness (QED) is 0.618. The van der Waals surface area contributed by atoms with E-state index < -0.39 is 11.7 Å². The number of hydrogen-bond donors (Lipinski definition) is 0. The summed E-state index contributed by atoms with van der Waals surface area (Å²) in [6.07, 6.45) is -1.96. The first-order valence-electron chi connectivity index (χ1n) is 10.2. The predicted octanol–water partition coefficient (Wildman–Crippen LogP) is 2.86. The summed E-state index contributed by atoms with van der Waals surface area (Å²) in [6, 6.07) is 7.78. The van der Waals surface area contributed by atoms with Gasteiger partial charge in [-0.05, 0) is 30.7 Å². The van der Waals surface area contributed by atoms with Gasteiger partial charge in [0.25, 0.3) is 5.56 Å². The van der Waals surface area contributed by atoms with Gasteiger partial charge in [-0.2, -0.15) is 13.2 Å². The average molecular weight is 445 g/mol. The summed E-state index contributed by atoms with van der Waals surface area (Å²) in [5.41, 5.74) is 0.615. The van der Waals surface area contributed by atoms with Gasteiger partial charge in [-0.15, -0.1) is 0 Å². The molecule has 1 saturated heterocycles. The van der Waals surface area contributed by atoms with E-state index in [1.54, 1.807) is 17.0 Å². The molecular weight excluding hydrogens is 423 g/mol. The number of piperazine rings is 1. The van der Waals surface area contributed by atoms with Crippen LogP contribution in [0.1, 0.15) is 17.5 Å². The van der Waals surface area contributed by atoms with Gasteiger partial charge in [0.2, 0.25) is 5.91 Å². The Balaban J connectivity index is 1.34. The zero-order valence-electron chi connectivity index (χ0n) is 17.5. The Labute approximate surface area is 182 Å². The van der Waals surface area contributed by atoms with Gasteiger partial charge in [-0.3, -0.25) is 14.2 Å². The summed E-state index contributed by atoms with van der Waals surface area (Å²) in [7, 11) is 0. The van der Waals surface area contributed by atoms with Crippen molar-refractivity contribution in [2.75, 3.05) is 31.1 Å². The van der Waals surface area contributed by atoms with Gasteiger partial charge in [-0.1, -0.05) is 12.1 Å². The summed E-state index contributed by atoms with van der Waals surface area (Å²) in [5.74, 6) is 0.371. The van der Waals surface area contributed by atoms with Crippen molar-refractivity contribution in [3.63, 3.8) is 0 Å². The van der Waals surface area contributed by atoms with Crippen LogP contribution in [0.15, 0.2) is 47.7 Å². The van der Waals surface area contributed by atoms with Gasteiger partial charge in [0.05, 0.1) is 22.8 Å². The van der Waals surface area contributed by atoms with Crippen LogP contribution in [0.5, 0.6) is 0 Å². The molecule has 0 N–H and O–H groups in total. The zero-order chi connectivity index (χ0) is 22.9. The Morgan fingerprint density at radius 2 is 1.81 bits per heavy atom. The van der Waals surface area contributed by atoms with Gasteiger partial charge < -0.3 is 9.80 Å². The lowest BCUT2D eigenvalue weighted by Gasteiger charge is -2.35. The fourth-order valence-electron chi connectivity index (χ4n) is 3.80. The van der Waals surface area contributed by atoms with Crippen LogP contribution < -0.4 is 10.5 Å². The first-order valence-corrected chi connectivity index (χ1v) is 10.2. The Hall–Kier alpha value is -3.43. The number of para-hydroxylation sites is 1. The Kier molecular flexibility index (Phi) is 5.86. The number of pyridine rings is 1. The molecule has 1 fully saturated rings. The lowest BCUT2D eigenvalue weighted by atomic mass is 10.1. The average Bonchev–Trinajstić information content (AvgIpc) is 2.78. The number of aromatic nitrogens is 3. The van der Waals surface area contributed by atoms with Crippen LogP contribution in [0.4, 0.5) is 19.0 Å². The minimum Gasteiger partial charge on any atom is -0.353 e. The second-order valence-electron chi connectivity index (χ2n) is 7.73. The van der Waals surface area contributed by atoms with Crippen molar-refractivity contribution >= 4 is 22.6 Å². The number of rotatable bonds is 4. The van der Waals surface area contributed by atoms with Crippen molar-refractivity contribution in [3.8, 4) is 0 Å². The molecular formula is C22H22F3N5O2. The van der Waals surface area contributed by atoms with Crippen molar-refractivity contribution in [3.05, 3.63) is 64.3 Å². The number of carbonyl (C=O) groups excluding carboxylic acids is 1. The van der Waals surface area contributed by atoms with E-state index in [0.717, 1.165) is 17.8 Å². The van der Waals surface area contributed by atoms with Gasteiger partial charge in [0.15, 0.2) is 0 Å². The maximum Gasteiger partial charge on any atom is 0.417 e. The monoisotopic (exact) mass is 445 g/mol. The molecule has 168 valence electrons. The number of alkyl halides is 3. The predicted molar refractivity (Wildman–Crippen MR) is 113 cm³/mol. The first kappa shape index (κ1) is 21.8. The van der Waals surface area contributed by atoms with E-state index in [-0.39, 0.29) is 24.4 Å². The number of amides is 1. The molecule has 0 bridgehead atoms. The Morgan fingerprint density at radius 3 is 2.47 bits per heavy atom. The summed E-state index contributed by atoms with van der Waals surface area (Å²) in [4.78, 5) is 37.1. The van der Waals surface area contributed by atoms with Crippen molar-refractivity contribution < 1.29 is 18.0 Å². The first-order chi connectivity index (χ1) is 15.2. The molecule has 0 unspecified atom stereocenters. The van der Waals surface area contributed by atoms with E-state index in [1.807, 2.05) is 17.9 Å². The molecule has 1 aromatic carbocycles. The molecule has 1 amide bonds. The Bertz CT molecular complexity index is 1180. The van der Waals surface area contributed by atoms with Crippen molar-refractivity contribution in [2.45, 2.75) is 26.1 Å². The molecule has 0 saturated carbocycles. The molecule has 0 aliphatic carbocycles. The van der Waals surface area contributed by atoms with E-state index in [9.17, 15) is 22.8 Å². The maximum atomic E-state index is 12.7. The number of carbonyl (C=O) groups is 1. The molecule has 3 aromatic rings. The van der Waals surface area contributed by atoms with Gasteiger partial charge in [0, 0.05) is 45.3 Å². The van der Waals surface area contributed by atoms with Crippen LogP contribution in [0, 0.1) is 6.92 Å². The van der Waals surface area contributed by atoms with E-state index in [1.165, 1.54) is 17.0 Å². The van der Waals surface area contributed by atoms with Crippen molar-refractivity contribution in [1.82, 2.24) is 19.4 Å². The number of nitrogens with zero attached hydrogens (tertiary/aromatic N) is 5. The summed E-state index contributed by atoms with van der Waals surface area (Å²) < 4.78 is 39.5. The molecule has 1 aliphatic heterocycles. The number of aryl methyl sites for hydroxylation is 2. The molecule has 10 heteroatoms. The summed E-state index contributed by atoms with van der Waals surface area (Å²) >= 11 is 0. The number of fused-ring (bicyclic) bond motifs is 1. The van der Waals surface area contributed by atoms with Crippen LogP contribution in [-0.4, -0.2) is 51.5 Å². The van der Waals surface area contributed by atoms with Crippen LogP contribution in [0.2, 0.25) is 0 Å². The topological polar surface area (TPSA) is 71.3 Å². The molecule has 3 heterocycles. The minimum absolute atomic E-state index is 0.0822. The fourth-order valence-corrected chi connectivity index (χ4v) is 3.80.